The third-order valence-electron chi connectivity index (χ3n) is 1.03. The number of aromatic nitrogens is 3. The van der Waals surface area contributed by atoms with Crippen molar-refractivity contribution < 1.29 is 31.0 Å². The summed E-state index contributed by atoms with van der Waals surface area (Å²) in [6.07, 6.45) is 3.02. The summed E-state index contributed by atoms with van der Waals surface area (Å²) in [7, 11) is 5.09. The summed E-state index contributed by atoms with van der Waals surface area (Å²) in [5, 5.41) is 2.05. The monoisotopic (exact) mass is 225 g/mol. The van der Waals surface area contributed by atoms with Gasteiger partial charge in [0, 0.05) is 5.41 Å². The average Bonchev–Trinajstić information content (AvgIpc) is 2.58. The molecule has 2 rings (SSSR count). The Hall–Kier alpha value is 0.800. The van der Waals surface area contributed by atoms with Crippen LogP contribution >= 0.6 is 31.4 Å². The Balaban J connectivity index is 0.000000720. The van der Waals surface area contributed by atoms with Crippen molar-refractivity contribution in [3.05, 3.63) is 23.9 Å². The van der Waals surface area contributed by atoms with Crippen molar-refractivity contribution >= 4 is 36.3 Å². The van der Waals surface area contributed by atoms with E-state index in [4.69, 9.17) is 0 Å². The predicted molar refractivity (Wildman–Crippen MR) is 51.7 cm³/mol. The Kier molecular flexibility index (Phi) is 5.00. The maximum atomic E-state index is 4.02. The molecular formula is C5H4N3NaS3. The van der Waals surface area contributed by atoms with Crippen molar-refractivity contribution in [2.24, 2.45) is 0 Å². The molecule has 0 saturated heterocycles. The quantitative estimate of drug-likeness (QED) is 0.466. The van der Waals surface area contributed by atoms with Crippen molar-refractivity contribution in [2.45, 2.75) is 0 Å². The summed E-state index contributed by atoms with van der Waals surface area (Å²) in [5.41, 5.74) is 0. The first-order valence-corrected chi connectivity index (χ1v) is 6.34. The third kappa shape index (κ3) is 2.65. The van der Waals surface area contributed by atoms with E-state index in [1.807, 2.05) is 5.41 Å². The van der Waals surface area contributed by atoms with Crippen molar-refractivity contribution in [3.63, 3.8) is 0 Å². The topological polar surface area (TPSA) is 38.7 Å². The maximum absolute atomic E-state index is 4.02. The SMILES string of the molecule is C1=C(c2ncncn2)SSS1.[H-].[Na+]. The summed E-state index contributed by atoms with van der Waals surface area (Å²) in [6.45, 7) is 0. The summed E-state index contributed by atoms with van der Waals surface area (Å²) >= 11 is 0. The molecule has 0 N–H and O–H groups in total. The van der Waals surface area contributed by atoms with Gasteiger partial charge in [0.15, 0.2) is 5.82 Å². The number of nitrogens with zero attached hydrogens (tertiary/aromatic N) is 3. The molecule has 0 aromatic carbocycles. The first-order chi connectivity index (χ1) is 5.47. The summed E-state index contributed by atoms with van der Waals surface area (Å²) in [6, 6.07) is 0. The van der Waals surface area contributed by atoms with Gasteiger partial charge in [-0.15, -0.1) is 0 Å². The number of hydrogen-bond donors (Lipinski definition) is 0. The molecule has 7 heteroatoms. The molecule has 0 spiro atoms. The van der Waals surface area contributed by atoms with Crippen molar-refractivity contribution in [1.29, 1.82) is 0 Å². The second-order valence-electron chi connectivity index (χ2n) is 1.69. The average molecular weight is 225 g/mol. The molecule has 0 atom stereocenters. The van der Waals surface area contributed by atoms with Crippen LogP contribution in [0, 0.1) is 0 Å². The van der Waals surface area contributed by atoms with Gasteiger partial charge in [0.05, 0.1) is 4.91 Å². The van der Waals surface area contributed by atoms with E-state index in [9.17, 15) is 0 Å². The first-order valence-electron chi connectivity index (χ1n) is 2.79. The molecule has 0 bridgehead atoms. The van der Waals surface area contributed by atoms with Crippen molar-refractivity contribution in [3.8, 4) is 0 Å². The smallest absolute Gasteiger partial charge is 1.00 e. The molecule has 12 heavy (non-hydrogen) atoms. The third-order valence-corrected chi connectivity index (χ3v) is 4.73. The van der Waals surface area contributed by atoms with Gasteiger partial charge in [-0.3, -0.25) is 0 Å². The Morgan fingerprint density at radius 1 is 1.25 bits per heavy atom. The minimum atomic E-state index is 0. The van der Waals surface area contributed by atoms with Crippen LogP contribution in [-0.4, -0.2) is 15.0 Å². The molecule has 0 aliphatic carbocycles. The van der Waals surface area contributed by atoms with Crippen LogP contribution in [0.5, 0.6) is 0 Å². The molecule has 58 valence electrons. The van der Waals surface area contributed by atoms with Gasteiger partial charge in [0.25, 0.3) is 0 Å². The molecule has 0 amide bonds. The normalized spacial score (nSPS) is 15.2. The molecule has 2 heterocycles. The Bertz CT molecular complexity index is 284. The van der Waals surface area contributed by atoms with Crippen molar-refractivity contribution in [1.82, 2.24) is 15.0 Å². The van der Waals surface area contributed by atoms with Gasteiger partial charge in [0.1, 0.15) is 12.7 Å². The number of rotatable bonds is 1. The van der Waals surface area contributed by atoms with Crippen LogP contribution in [0.2, 0.25) is 0 Å². The second-order valence-corrected chi connectivity index (χ2v) is 5.57. The van der Waals surface area contributed by atoms with Crippen LogP contribution in [-0.2, 0) is 0 Å². The predicted octanol–water partition coefficient (Wildman–Crippen LogP) is -0.670. The fourth-order valence-electron chi connectivity index (χ4n) is 0.596. The second kappa shape index (κ2) is 5.51. The van der Waals surface area contributed by atoms with Gasteiger partial charge in [-0.2, -0.15) is 0 Å². The summed E-state index contributed by atoms with van der Waals surface area (Å²) in [5.74, 6) is 0.766. The van der Waals surface area contributed by atoms with E-state index in [1.54, 1.807) is 31.4 Å². The van der Waals surface area contributed by atoms with E-state index in [2.05, 4.69) is 15.0 Å². The molecule has 0 saturated carbocycles. The van der Waals surface area contributed by atoms with Gasteiger partial charge in [-0.1, -0.05) is 10.8 Å². The standard InChI is InChI=1S/C5H3N3S3.Na.H/c1-4(10-11-9-1)5-7-2-6-3-8-5;;/h1-3H;;/q;+1;-1. The van der Waals surface area contributed by atoms with Crippen molar-refractivity contribution in [2.75, 3.05) is 0 Å². The molecule has 1 aromatic heterocycles. The molecule has 1 aromatic rings. The Labute approximate surface area is 105 Å². The van der Waals surface area contributed by atoms with Crippen LogP contribution in [0.4, 0.5) is 0 Å². The van der Waals surface area contributed by atoms with Crippen LogP contribution in [0.3, 0.4) is 0 Å². The van der Waals surface area contributed by atoms with Gasteiger partial charge < -0.3 is 1.43 Å². The summed E-state index contributed by atoms with van der Waals surface area (Å²) < 4.78 is 0. The molecule has 0 radical (unpaired) electrons. The molecule has 0 unspecified atom stereocenters. The van der Waals surface area contributed by atoms with E-state index in [0.717, 1.165) is 10.7 Å². The molecule has 3 nitrogen and oxygen atoms in total. The van der Waals surface area contributed by atoms with E-state index in [-0.39, 0.29) is 31.0 Å². The maximum Gasteiger partial charge on any atom is 1.00 e. The minimum absolute atomic E-state index is 0. The first kappa shape index (κ1) is 10.9. The summed E-state index contributed by atoms with van der Waals surface area (Å²) in [4.78, 5) is 12.9. The van der Waals surface area contributed by atoms with E-state index in [1.165, 1.54) is 12.7 Å². The Morgan fingerprint density at radius 2 is 2.00 bits per heavy atom. The fraction of sp³-hybridized carbons (Fsp3) is 0. The zero-order valence-electron chi connectivity index (χ0n) is 7.30. The van der Waals surface area contributed by atoms with Crippen LogP contribution in [0.25, 0.3) is 4.91 Å². The molecule has 1 aliphatic heterocycles. The van der Waals surface area contributed by atoms with Gasteiger partial charge in [0.2, 0.25) is 0 Å². The van der Waals surface area contributed by atoms with E-state index >= 15 is 0 Å². The van der Waals surface area contributed by atoms with Gasteiger partial charge in [-0.05, 0) is 20.6 Å². The van der Waals surface area contributed by atoms with E-state index < -0.39 is 0 Å². The minimum Gasteiger partial charge on any atom is -1.00 e. The fourth-order valence-corrected chi connectivity index (χ4v) is 4.29. The van der Waals surface area contributed by atoms with Crippen LogP contribution in [0.1, 0.15) is 7.25 Å². The van der Waals surface area contributed by atoms with Crippen LogP contribution in [0.15, 0.2) is 18.1 Å². The number of hydrogen-bond acceptors (Lipinski definition) is 6. The van der Waals surface area contributed by atoms with Crippen LogP contribution < -0.4 is 29.6 Å². The Morgan fingerprint density at radius 3 is 2.58 bits per heavy atom. The largest absolute Gasteiger partial charge is 1.00 e. The zero-order chi connectivity index (χ0) is 7.52. The van der Waals surface area contributed by atoms with Gasteiger partial charge >= 0.3 is 29.6 Å². The molecule has 0 fully saturated rings. The van der Waals surface area contributed by atoms with Gasteiger partial charge in [-0.25, -0.2) is 15.0 Å². The van der Waals surface area contributed by atoms with E-state index in [0.29, 0.717) is 0 Å². The molecule has 1 aliphatic rings. The molecular weight excluding hydrogens is 221 g/mol. The zero-order valence-corrected chi connectivity index (χ0v) is 10.7.